The molecule has 1 aromatic carbocycles. The molecular formula is C14H20N2O2S. The first-order valence-electron chi connectivity index (χ1n) is 6.47. The topological polar surface area (TPSA) is 58.5 Å². The molecule has 0 aromatic heterocycles. The lowest BCUT2D eigenvalue weighted by atomic mass is 9.90. The molecule has 4 nitrogen and oxygen atoms in total. The van der Waals surface area contributed by atoms with Gasteiger partial charge in [-0.2, -0.15) is 13.5 Å². The van der Waals surface area contributed by atoms with Crippen LogP contribution >= 0.6 is 0 Å². The van der Waals surface area contributed by atoms with E-state index in [4.69, 9.17) is 0 Å². The Bertz CT molecular complexity index is 586. The van der Waals surface area contributed by atoms with Gasteiger partial charge in [-0.05, 0) is 38.3 Å². The van der Waals surface area contributed by atoms with Gasteiger partial charge in [-0.3, -0.25) is 0 Å². The molecule has 1 fully saturated rings. The molecule has 0 bridgehead atoms. The third-order valence-electron chi connectivity index (χ3n) is 3.63. The summed E-state index contributed by atoms with van der Waals surface area (Å²) in [7, 11) is -3.55. The lowest BCUT2D eigenvalue weighted by Crippen LogP contribution is -2.24. The Labute approximate surface area is 115 Å². The number of nitrogens with one attached hydrogen (secondary N) is 1. The van der Waals surface area contributed by atoms with Crippen LogP contribution in [0.15, 0.2) is 34.3 Å². The fourth-order valence-electron chi connectivity index (χ4n) is 2.27. The zero-order chi connectivity index (χ0) is 14.1. The van der Waals surface area contributed by atoms with Crippen LogP contribution in [0.1, 0.15) is 38.7 Å². The summed E-state index contributed by atoms with van der Waals surface area (Å²) in [4.78, 5) is 2.60. The van der Waals surface area contributed by atoms with Crippen LogP contribution in [-0.4, -0.2) is 14.1 Å². The number of rotatable bonds is 3. The normalized spacial score (nSPS) is 20.7. The summed E-state index contributed by atoms with van der Waals surface area (Å²) in [6, 6.07) is 6.75. The van der Waals surface area contributed by atoms with E-state index >= 15 is 0 Å². The molecule has 0 amide bonds. The smallest absolute Gasteiger partial charge is 0.200 e. The van der Waals surface area contributed by atoms with Crippen molar-refractivity contribution in [1.29, 1.82) is 0 Å². The minimum Gasteiger partial charge on any atom is -0.200 e. The van der Waals surface area contributed by atoms with Crippen LogP contribution in [0.2, 0.25) is 0 Å². The molecule has 1 aromatic rings. The largest absolute Gasteiger partial charge is 0.276 e. The molecule has 1 aliphatic rings. The second-order valence-electron chi connectivity index (χ2n) is 5.70. The van der Waals surface area contributed by atoms with E-state index in [0.29, 0.717) is 0 Å². The van der Waals surface area contributed by atoms with E-state index in [2.05, 4.69) is 23.8 Å². The lowest BCUT2D eigenvalue weighted by Gasteiger charge is -2.17. The summed E-state index contributed by atoms with van der Waals surface area (Å²) in [6.45, 7) is 6.11. The Morgan fingerprint density at radius 2 is 1.84 bits per heavy atom. The molecule has 1 N–H and O–H groups in total. The summed E-state index contributed by atoms with van der Waals surface area (Å²) < 4.78 is 24.2. The van der Waals surface area contributed by atoms with Crippen LogP contribution in [0.25, 0.3) is 0 Å². The van der Waals surface area contributed by atoms with Gasteiger partial charge in [0.15, 0.2) is 0 Å². The van der Waals surface area contributed by atoms with E-state index in [9.17, 15) is 8.42 Å². The van der Waals surface area contributed by atoms with Gasteiger partial charge in [0.05, 0.1) is 4.90 Å². The first-order valence-corrected chi connectivity index (χ1v) is 7.95. The molecule has 0 spiro atoms. The molecule has 2 rings (SSSR count). The van der Waals surface area contributed by atoms with E-state index in [-0.39, 0.29) is 10.3 Å². The number of nitrogens with zero attached hydrogens (tertiary/aromatic N) is 1. The molecule has 0 heterocycles. The molecular weight excluding hydrogens is 260 g/mol. The average molecular weight is 280 g/mol. The van der Waals surface area contributed by atoms with Crippen LogP contribution in [-0.2, 0) is 10.0 Å². The minimum atomic E-state index is -3.55. The van der Waals surface area contributed by atoms with Gasteiger partial charge >= 0.3 is 0 Å². The van der Waals surface area contributed by atoms with E-state index in [1.54, 1.807) is 24.3 Å². The van der Waals surface area contributed by atoms with Crippen LogP contribution in [0.3, 0.4) is 0 Å². The Balaban J connectivity index is 2.19. The Morgan fingerprint density at radius 1 is 1.21 bits per heavy atom. The molecule has 19 heavy (non-hydrogen) atoms. The molecule has 0 radical (unpaired) electrons. The Morgan fingerprint density at radius 3 is 2.37 bits per heavy atom. The summed E-state index contributed by atoms with van der Waals surface area (Å²) in [5, 5.41) is 4.13. The van der Waals surface area contributed by atoms with Crippen molar-refractivity contribution < 1.29 is 8.42 Å². The van der Waals surface area contributed by atoms with E-state index in [1.807, 2.05) is 6.92 Å². The molecule has 0 unspecified atom stereocenters. The minimum absolute atomic E-state index is 0.00417. The second kappa shape index (κ2) is 4.96. The van der Waals surface area contributed by atoms with Gasteiger partial charge in [0.25, 0.3) is 10.0 Å². The number of sulfonamides is 1. The summed E-state index contributed by atoms with van der Waals surface area (Å²) >= 11 is 0. The number of hydrazone groups is 1. The van der Waals surface area contributed by atoms with Gasteiger partial charge in [-0.15, -0.1) is 0 Å². The van der Waals surface area contributed by atoms with Gasteiger partial charge in [0, 0.05) is 11.1 Å². The molecule has 1 saturated carbocycles. The average Bonchev–Trinajstić information content (AvgIpc) is 2.66. The standard InChI is InChI=1S/C14H20N2O2S/c1-11-6-8-12(9-7-11)19(17,18)16-15-13-5-4-10-14(13,2)3/h6-9,16H,4-5,10H2,1-3H3. The van der Waals surface area contributed by atoms with Crippen LogP contribution in [0.4, 0.5) is 0 Å². The lowest BCUT2D eigenvalue weighted by molar-refractivity contribution is 0.509. The summed E-state index contributed by atoms with van der Waals surface area (Å²) in [6.07, 6.45) is 2.99. The highest BCUT2D eigenvalue weighted by molar-refractivity contribution is 7.89. The van der Waals surface area contributed by atoms with Crippen molar-refractivity contribution in [2.24, 2.45) is 10.5 Å². The van der Waals surface area contributed by atoms with E-state index < -0.39 is 10.0 Å². The number of benzene rings is 1. The van der Waals surface area contributed by atoms with Crippen molar-refractivity contribution in [2.75, 3.05) is 0 Å². The molecule has 5 heteroatoms. The molecule has 0 atom stereocenters. The number of hydrogen-bond donors (Lipinski definition) is 1. The zero-order valence-electron chi connectivity index (χ0n) is 11.6. The molecule has 0 saturated heterocycles. The second-order valence-corrected chi connectivity index (χ2v) is 7.36. The third kappa shape index (κ3) is 3.15. The van der Waals surface area contributed by atoms with Crippen LogP contribution in [0.5, 0.6) is 0 Å². The summed E-state index contributed by atoms with van der Waals surface area (Å²) in [5.41, 5.74) is 1.96. The summed E-state index contributed by atoms with van der Waals surface area (Å²) in [5.74, 6) is 0. The Kier molecular flexibility index (Phi) is 3.67. The molecule has 0 aliphatic heterocycles. The van der Waals surface area contributed by atoms with Gasteiger partial charge in [-0.1, -0.05) is 31.5 Å². The van der Waals surface area contributed by atoms with Crippen molar-refractivity contribution in [2.45, 2.75) is 44.9 Å². The Hall–Kier alpha value is -1.36. The van der Waals surface area contributed by atoms with Crippen LogP contribution in [0, 0.1) is 12.3 Å². The van der Waals surface area contributed by atoms with Gasteiger partial charge < -0.3 is 0 Å². The predicted molar refractivity (Wildman–Crippen MR) is 76.6 cm³/mol. The third-order valence-corrected chi connectivity index (χ3v) is 4.85. The van der Waals surface area contributed by atoms with Crippen molar-refractivity contribution in [3.05, 3.63) is 29.8 Å². The maximum atomic E-state index is 12.1. The first kappa shape index (κ1) is 14.1. The van der Waals surface area contributed by atoms with E-state index in [0.717, 1.165) is 30.5 Å². The van der Waals surface area contributed by atoms with Crippen LogP contribution < -0.4 is 4.83 Å². The highest BCUT2D eigenvalue weighted by atomic mass is 32.2. The fourth-order valence-corrected chi connectivity index (χ4v) is 3.10. The zero-order valence-corrected chi connectivity index (χ0v) is 12.4. The van der Waals surface area contributed by atoms with E-state index in [1.165, 1.54) is 0 Å². The predicted octanol–water partition coefficient (Wildman–Crippen LogP) is 2.84. The molecule has 104 valence electrons. The quantitative estimate of drug-likeness (QED) is 0.865. The van der Waals surface area contributed by atoms with Crippen molar-refractivity contribution >= 4 is 15.7 Å². The highest BCUT2D eigenvalue weighted by Gasteiger charge is 2.31. The van der Waals surface area contributed by atoms with Gasteiger partial charge in [-0.25, -0.2) is 4.83 Å². The van der Waals surface area contributed by atoms with Gasteiger partial charge in [0.1, 0.15) is 0 Å². The molecule has 1 aliphatic carbocycles. The van der Waals surface area contributed by atoms with Crippen molar-refractivity contribution in [3.63, 3.8) is 0 Å². The van der Waals surface area contributed by atoms with Crippen molar-refractivity contribution in [3.8, 4) is 0 Å². The van der Waals surface area contributed by atoms with Gasteiger partial charge in [0.2, 0.25) is 0 Å². The SMILES string of the molecule is Cc1ccc(S(=O)(=O)NN=C2CCCC2(C)C)cc1. The monoisotopic (exact) mass is 280 g/mol. The number of hydrogen-bond acceptors (Lipinski definition) is 3. The fraction of sp³-hybridized carbons (Fsp3) is 0.500. The number of aryl methyl sites for hydroxylation is 1. The highest BCUT2D eigenvalue weighted by Crippen LogP contribution is 2.34. The maximum absolute atomic E-state index is 12.1. The maximum Gasteiger partial charge on any atom is 0.276 e. The van der Waals surface area contributed by atoms with Crippen molar-refractivity contribution in [1.82, 2.24) is 4.83 Å². The first-order chi connectivity index (χ1) is 8.81.